The predicted molar refractivity (Wildman–Crippen MR) is 176 cm³/mol. The third-order valence-electron chi connectivity index (χ3n) is 8.97. The number of aliphatic carboxylic acids is 1. The van der Waals surface area contributed by atoms with E-state index in [2.05, 4.69) is 32.3 Å². The molecule has 280 valence electrons. The number of primary amides is 1. The van der Waals surface area contributed by atoms with Gasteiger partial charge in [0.25, 0.3) is 0 Å². The molecule has 19 nitrogen and oxygen atoms in total. The molecule has 0 aromatic heterocycles. The summed E-state index contributed by atoms with van der Waals surface area (Å²) < 4.78 is 23.7. The highest BCUT2D eigenvalue weighted by Gasteiger charge is 2.72. The van der Waals surface area contributed by atoms with E-state index in [0.717, 1.165) is 6.42 Å². The van der Waals surface area contributed by atoms with Crippen molar-refractivity contribution in [2.75, 3.05) is 33.4 Å². The molecular weight excluding hydrogens is 660 g/mol. The number of epoxide rings is 2. The Hall–Kier alpha value is -4.49. The van der Waals surface area contributed by atoms with Gasteiger partial charge in [0.15, 0.2) is 5.96 Å². The number of aliphatic imine (C=N–C) groups is 1. The van der Waals surface area contributed by atoms with Gasteiger partial charge in [0.1, 0.15) is 42.0 Å². The molecule has 2 saturated heterocycles. The lowest BCUT2D eigenvalue weighted by molar-refractivity contribution is -0.140. The summed E-state index contributed by atoms with van der Waals surface area (Å²) in [6, 6.07) is -2.67. The number of nitrogens with one attached hydrogen (secondary N) is 4. The second-order valence-electron chi connectivity index (χ2n) is 13.1. The summed E-state index contributed by atoms with van der Waals surface area (Å²) >= 11 is 0. The molecule has 3 rings (SSSR count). The smallest absolute Gasteiger partial charge is 0.407 e. The van der Waals surface area contributed by atoms with Crippen LogP contribution in [0.5, 0.6) is 0 Å². The Morgan fingerprint density at radius 2 is 1.68 bits per heavy atom. The minimum Gasteiger partial charge on any atom is -0.481 e. The first-order chi connectivity index (χ1) is 23.5. The maximum absolute atomic E-state index is 12.9. The van der Waals surface area contributed by atoms with Gasteiger partial charge >= 0.3 is 12.1 Å². The fourth-order valence-electron chi connectivity index (χ4n) is 6.35. The minimum atomic E-state index is -1.49. The van der Waals surface area contributed by atoms with Crippen molar-refractivity contribution >= 4 is 41.7 Å². The van der Waals surface area contributed by atoms with Crippen LogP contribution in [0.15, 0.2) is 16.6 Å². The van der Waals surface area contributed by atoms with Crippen LogP contribution in [0.25, 0.3) is 0 Å². The van der Waals surface area contributed by atoms with Crippen molar-refractivity contribution in [3.63, 3.8) is 0 Å². The number of carbonyl (C=O) groups is 6. The Labute approximate surface area is 289 Å². The highest BCUT2D eigenvalue weighted by atomic mass is 16.6. The molecule has 2 aliphatic heterocycles. The molecule has 19 heteroatoms. The number of hydrogen-bond acceptors (Lipinski definition) is 11. The van der Waals surface area contributed by atoms with E-state index in [0.29, 0.717) is 19.4 Å². The molecule has 11 N–H and O–H groups in total. The second-order valence-corrected chi connectivity index (χ2v) is 13.1. The predicted octanol–water partition coefficient (Wildman–Crippen LogP) is -2.11. The fourth-order valence-corrected chi connectivity index (χ4v) is 6.35. The number of rotatable bonds is 19. The molecule has 50 heavy (non-hydrogen) atoms. The summed E-state index contributed by atoms with van der Waals surface area (Å²) in [5, 5.41) is 18.2. The molecule has 3 aliphatic rings. The second kappa shape index (κ2) is 17.4. The number of ether oxygens (including phenoxy) is 4. The minimum absolute atomic E-state index is 0.0274. The topological polar surface area (TPSA) is 305 Å². The van der Waals surface area contributed by atoms with Gasteiger partial charge in [0, 0.05) is 13.7 Å². The van der Waals surface area contributed by atoms with Crippen LogP contribution < -0.4 is 38.5 Å². The molecule has 3 fully saturated rings. The van der Waals surface area contributed by atoms with E-state index in [-0.39, 0.29) is 37.4 Å². The van der Waals surface area contributed by atoms with Gasteiger partial charge in [-0.05, 0) is 52.9 Å². The first kappa shape index (κ1) is 39.9. The summed E-state index contributed by atoms with van der Waals surface area (Å²) in [6.45, 7) is 5.58. The Kier molecular flexibility index (Phi) is 13.9. The van der Waals surface area contributed by atoms with E-state index < -0.39 is 90.7 Å². The van der Waals surface area contributed by atoms with Crippen molar-refractivity contribution in [1.82, 2.24) is 21.3 Å². The zero-order valence-electron chi connectivity index (χ0n) is 28.8. The van der Waals surface area contributed by atoms with Crippen LogP contribution in [0, 0.1) is 5.92 Å². The highest BCUT2D eigenvalue weighted by molar-refractivity contribution is 5.93. The Morgan fingerprint density at radius 3 is 2.24 bits per heavy atom. The summed E-state index contributed by atoms with van der Waals surface area (Å²) in [4.78, 5) is 77.1. The number of alkyl carbamates (subject to hydrolysis) is 1. The number of allylic oxidation sites excluding steroid dienone is 1. The zero-order valence-corrected chi connectivity index (χ0v) is 28.8. The molecule has 5 amide bonds. The lowest BCUT2D eigenvalue weighted by atomic mass is 9.68. The highest BCUT2D eigenvalue weighted by Crippen LogP contribution is 2.59. The van der Waals surface area contributed by atoms with Gasteiger partial charge in [0.05, 0.1) is 31.6 Å². The standard InChI is InChI=1S/C31H50N8O11/c1-16(2)7-8-20-30(3,50-20)25-24(47-4)19(9-10-31(25)15-48-31)49-29(46)37-14-22(41)38-17(6-5-11-35-28(33)34)27(45)36-13-21(40)39-18(26(32)44)12-23(42)43/h7,17-20,24-25H,5-6,8-15H2,1-4H3,(H2,32,44)(H,36,45)(H,37,46)(H,38,41)(H,39,40)(H,42,43)(H4,33,34,35)/t17-,18-,19+,20+,24+,25+,30+,31-/m0/s1. The quantitative estimate of drug-likeness (QED) is 0.0234. The molecule has 0 bridgehead atoms. The van der Waals surface area contributed by atoms with Gasteiger partial charge in [-0.25, -0.2) is 4.79 Å². The molecule has 0 radical (unpaired) electrons. The molecule has 0 aromatic rings. The monoisotopic (exact) mass is 710 g/mol. The van der Waals surface area contributed by atoms with E-state index in [1.54, 1.807) is 7.11 Å². The van der Waals surface area contributed by atoms with Crippen molar-refractivity contribution in [2.24, 2.45) is 28.1 Å². The van der Waals surface area contributed by atoms with Crippen LogP contribution in [0.1, 0.15) is 59.3 Å². The lowest BCUT2D eigenvalue weighted by Gasteiger charge is -2.42. The van der Waals surface area contributed by atoms with Gasteiger partial charge in [-0.15, -0.1) is 0 Å². The number of methoxy groups -OCH3 is 1. The van der Waals surface area contributed by atoms with E-state index in [1.165, 1.54) is 5.57 Å². The summed E-state index contributed by atoms with van der Waals surface area (Å²) in [7, 11) is 1.55. The first-order valence-electron chi connectivity index (χ1n) is 16.4. The van der Waals surface area contributed by atoms with Crippen molar-refractivity contribution in [3.05, 3.63) is 11.6 Å². The molecule has 8 atom stereocenters. The Balaban J connectivity index is 1.55. The number of hydrogen-bond donors (Lipinski definition) is 8. The first-order valence-corrected chi connectivity index (χ1v) is 16.4. The van der Waals surface area contributed by atoms with Crippen molar-refractivity contribution in [2.45, 2.75) is 101 Å². The summed E-state index contributed by atoms with van der Waals surface area (Å²) in [5.74, 6) is -5.19. The molecule has 0 unspecified atom stereocenters. The van der Waals surface area contributed by atoms with E-state index in [1.807, 2.05) is 20.8 Å². The summed E-state index contributed by atoms with van der Waals surface area (Å²) in [6.07, 6.45) is 1.47. The van der Waals surface area contributed by atoms with Gasteiger partial charge in [0.2, 0.25) is 23.6 Å². The fraction of sp³-hybridized carbons (Fsp3) is 0.710. The largest absolute Gasteiger partial charge is 0.481 e. The van der Waals surface area contributed by atoms with Crippen LogP contribution in [0.3, 0.4) is 0 Å². The molecule has 1 spiro atoms. The van der Waals surface area contributed by atoms with Crippen LogP contribution in [0.2, 0.25) is 0 Å². The number of nitrogens with zero attached hydrogens (tertiary/aromatic N) is 1. The van der Waals surface area contributed by atoms with Crippen LogP contribution in [0.4, 0.5) is 4.79 Å². The number of carboxylic acids is 1. The average Bonchev–Trinajstić information content (AvgIpc) is 3.95. The Morgan fingerprint density at radius 1 is 1.04 bits per heavy atom. The number of nitrogens with two attached hydrogens (primary N) is 3. The third kappa shape index (κ3) is 11.3. The molecule has 2 heterocycles. The van der Waals surface area contributed by atoms with E-state index in [4.69, 9.17) is 41.3 Å². The van der Waals surface area contributed by atoms with Crippen LogP contribution in [-0.4, -0.2) is 122 Å². The molecule has 0 aromatic carbocycles. The number of carboxylic acid groups (broad SMARTS) is 1. The van der Waals surface area contributed by atoms with Gasteiger partial charge < -0.3 is 62.5 Å². The SMILES string of the molecule is CO[C@@H]1[C@H](OC(=O)NCC(=O)N[C@@H](CCCN=C(N)N)C(=O)NCC(=O)N[C@@H](CC(=O)O)C(N)=O)CC[C@]2(CO2)[C@H]1[C@]1(C)O[C@@H]1CC=C(C)C. The zero-order chi connectivity index (χ0) is 37.2. The van der Waals surface area contributed by atoms with Crippen molar-refractivity contribution in [3.8, 4) is 0 Å². The normalized spacial score (nSPS) is 27.4. The van der Waals surface area contributed by atoms with Crippen LogP contribution in [-0.2, 0) is 42.9 Å². The Bertz CT molecular complexity index is 1350. The summed E-state index contributed by atoms with van der Waals surface area (Å²) in [5.41, 5.74) is 16.0. The lowest BCUT2D eigenvalue weighted by Crippen LogP contribution is -2.56. The number of carbonyl (C=O) groups excluding carboxylic acids is 5. The van der Waals surface area contributed by atoms with Crippen molar-refractivity contribution < 1.29 is 52.8 Å². The van der Waals surface area contributed by atoms with Gasteiger partial charge in [-0.3, -0.25) is 29.0 Å². The van der Waals surface area contributed by atoms with E-state index in [9.17, 15) is 28.8 Å². The molecule has 1 saturated carbocycles. The van der Waals surface area contributed by atoms with Crippen LogP contribution >= 0.6 is 0 Å². The van der Waals surface area contributed by atoms with Crippen molar-refractivity contribution in [1.29, 1.82) is 0 Å². The molecule has 1 aliphatic carbocycles. The van der Waals surface area contributed by atoms with E-state index >= 15 is 0 Å². The molecular formula is C31H50N8O11. The third-order valence-corrected chi connectivity index (χ3v) is 8.97. The number of guanidine groups is 1. The number of amides is 5. The van der Waals surface area contributed by atoms with Gasteiger partial charge in [-0.2, -0.15) is 0 Å². The average molecular weight is 711 g/mol. The maximum Gasteiger partial charge on any atom is 0.407 e. The maximum atomic E-state index is 12.9. The van der Waals surface area contributed by atoms with Gasteiger partial charge in [-0.1, -0.05) is 11.6 Å².